The zero-order valence-corrected chi connectivity index (χ0v) is 11.8. The molecule has 0 aromatic heterocycles. The summed E-state index contributed by atoms with van der Waals surface area (Å²) in [4.78, 5) is 29.6. The molecule has 0 saturated carbocycles. The molecule has 1 heterocycles. The molecular formula is C16H15NO4. The summed E-state index contributed by atoms with van der Waals surface area (Å²) in [5.41, 5.74) is 0.589. The largest absolute Gasteiger partial charge is 0.498 e. The van der Waals surface area contributed by atoms with Crippen LogP contribution in [0.4, 0.5) is 0 Å². The third-order valence-electron chi connectivity index (χ3n) is 3.88. The van der Waals surface area contributed by atoms with Gasteiger partial charge in [-0.2, -0.15) is 5.06 Å². The number of ketones is 1. The molecule has 0 saturated heterocycles. The fraction of sp³-hybridized carbons (Fsp3) is 0.250. The van der Waals surface area contributed by atoms with Crippen LogP contribution in [0.15, 0.2) is 48.3 Å². The van der Waals surface area contributed by atoms with Gasteiger partial charge >= 0.3 is 0 Å². The Morgan fingerprint density at radius 2 is 1.95 bits per heavy atom. The van der Waals surface area contributed by atoms with Gasteiger partial charge in [-0.05, 0) is 23.8 Å². The van der Waals surface area contributed by atoms with Gasteiger partial charge < -0.3 is 4.74 Å². The third kappa shape index (κ3) is 1.89. The first-order chi connectivity index (χ1) is 10.1. The molecular weight excluding hydrogens is 270 g/mol. The molecule has 3 rings (SSSR count). The van der Waals surface area contributed by atoms with E-state index in [1.54, 1.807) is 12.1 Å². The van der Waals surface area contributed by atoms with Crippen molar-refractivity contribution in [1.82, 2.24) is 5.06 Å². The summed E-state index contributed by atoms with van der Waals surface area (Å²) < 4.78 is 5.37. The van der Waals surface area contributed by atoms with Crippen molar-refractivity contribution in [1.29, 1.82) is 0 Å². The summed E-state index contributed by atoms with van der Waals surface area (Å²) in [5, 5.41) is 1.27. The minimum Gasteiger partial charge on any atom is -0.498 e. The number of nitrogens with zero attached hydrogens (tertiary/aromatic N) is 1. The molecule has 1 atom stereocenters. The molecule has 5 heteroatoms. The Kier molecular flexibility index (Phi) is 3.14. The van der Waals surface area contributed by atoms with E-state index < -0.39 is 5.54 Å². The monoisotopic (exact) mass is 285 g/mol. The molecule has 0 radical (unpaired) electrons. The summed E-state index contributed by atoms with van der Waals surface area (Å²) in [6, 6.07) is 7.37. The lowest BCUT2D eigenvalue weighted by atomic mass is 9.79. The SMILES string of the molecule is COC1=CC(=O)C=C[C@@]12Cc1ccccc1C(=O)N2OC. The highest BCUT2D eigenvalue weighted by atomic mass is 16.7. The second-order valence-electron chi connectivity index (χ2n) is 4.99. The van der Waals surface area contributed by atoms with E-state index in [0.29, 0.717) is 17.7 Å². The highest BCUT2D eigenvalue weighted by molar-refractivity contribution is 6.03. The quantitative estimate of drug-likeness (QED) is 0.829. The van der Waals surface area contributed by atoms with Crippen LogP contribution in [0.1, 0.15) is 15.9 Å². The number of methoxy groups -OCH3 is 1. The number of hydrogen-bond acceptors (Lipinski definition) is 4. The number of amides is 1. The van der Waals surface area contributed by atoms with Gasteiger partial charge in [-0.25, -0.2) is 0 Å². The van der Waals surface area contributed by atoms with Crippen molar-refractivity contribution in [2.75, 3.05) is 14.2 Å². The van der Waals surface area contributed by atoms with Crippen LogP contribution in [0.5, 0.6) is 0 Å². The van der Waals surface area contributed by atoms with E-state index in [1.807, 2.05) is 18.2 Å². The van der Waals surface area contributed by atoms with E-state index in [-0.39, 0.29) is 11.7 Å². The Balaban J connectivity index is 2.19. The van der Waals surface area contributed by atoms with Gasteiger partial charge in [0.2, 0.25) is 0 Å². The molecule has 1 aliphatic heterocycles. The van der Waals surface area contributed by atoms with Crippen molar-refractivity contribution in [3.8, 4) is 0 Å². The number of hydrogen-bond donors (Lipinski definition) is 0. The molecule has 1 spiro atoms. The Labute approximate surface area is 122 Å². The maximum absolute atomic E-state index is 12.7. The maximum atomic E-state index is 12.7. The summed E-state index contributed by atoms with van der Waals surface area (Å²) >= 11 is 0. The van der Waals surface area contributed by atoms with Crippen molar-refractivity contribution in [3.05, 3.63) is 59.4 Å². The van der Waals surface area contributed by atoms with Crippen molar-refractivity contribution < 1.29 is 19.2 Å². The van der Waals surface area contributed by atoms with Crippen LogP contribution in [0.25, 0.3) is 0 Å². The van der Waals surface area contributed by atoms with Gasteiger partial charge in [0, 0.05) is 18.1 Å². The van der Waals surface area contributed by atoms with Gasteiger partial charge in [-0.3, -0.25) is 14.4 Å². The summed E-state index contributed by atoms with van der Waals surface area (Å²) in [7, 11) is 2.92. The van der Waals surface area contributed by atoms with E-state index in [1.165, 1.54) is 31.4 Å². The highest BCUT2D eigenvalue weighted by Crippen LogP contribution is 2.39. The van der Waals surface area contributed by atoms with Crippen LogP contribution in [0, 0.1) is 0 Å². The predicted molar refractivity (Wildman–Crippen MR) is 75.3 cm³/mol. The van der Waals surface area contributed by atoms with Crippen molar-refractivity contribution in [2.24, 2.45) is 0 Å². The predicted octanol–water partition coefficient (Wildman–Crippen LogP) is 1.65. The normalized spacial score (nSPS) is 24.1. The Hall–Kier alpha value is -2.40. The van der Waals surface area contributed by atoms with Crippen molar-refractivity contribution >= 4 is 11.7 Å². The first-order valence-corrected chi connectivity index (χ1v) is 6.58. The average Bonchev–Trinajstić information content (AvgIpc) is 2.50. The van der Waals surface area contributed by atoms with E-state index >= 15 is 0 Å². The molecule has 0 N–H and O–H groups in total. The fourth-order valence-corrected chi connectivity index (χ4v) is 2.94. The molecule has 21 heavy (non-hydrogen) atoms. The van der Waals surface area contributed by atoms with Gasteiger partial charge in [0.05, 0.1) is 14.2 Å². The van der Waals surface area contributed by atoms with Gasteiger partial charge in [0.1, 0.15) is 5.76 Å². The van der Waals surface area contributed by atoms with Gasteiger partial charge in [0.25, 0.3) is 5.91 Å². The fourth-order valence-electron chi connectivity index (χ4n) is 2.94. The van der Waals surface area contributed by atoms with Gasteiger partial charge in [-0.1, -0.05) is 18.2 Å². The van der Waals surface area contributed by atoms with E-state index in [0.717, 1.165) is 5.56 Å². The molecule has 2 aliphatic rings. The molecule has 0 unspecified atom stereocenters. The number of fused-ring (bicyclic) bond motifs is 1. The standard InChI is InChI=1S/C16H15NO4/c1-20-14-9-12(18)7-8-16(14)10-11-5-3-4-6-13(11)15(19)17(16)21-2/h3-9H,10H2,1-2H3/t16-/m1/s1. The average molecular weight is 285 g/mol. The smallest absolute Gasteiger partial charge is 0.278 e. The summed E-state index contributed by atoms with van der Waals surface area (Å²) in [5.74, 6) is -0.0131. The number of rotatable bonds is 2. The Morgan fingerprint density at radius 3 is 2.67 bits per heavy atom. The number of hydroxylamine groups is 2. The zero-order valence-electron chi connectivity index (χ0n) is 11.8. The first-order valence-electron chi connectivity index (χ1n) is 6.58. The number of ether oxygens (including phenoxy) is 1. The van der Waals surface area contributed by atoms with E-state index in [9.17, 15) is 9.59 Å². The van der Waals surface area contributed by atoms with Crippen LogP contribution < -0.4 is 0 Å². The molecule has 5 nitrogen and oxygen atoms in total. The second-order valence-corrected chi connectivity index (χ2v) is 4.99. The van der Waals surface area contributed by atoms with E-state index in [4.69, 9.17) is 9.57 Å². The number of allylic oxidation sites excluding steroid dienone is 2. The van der Waals surface area contributed by atoms with Crippen LogP contribution in [-0.4, -0.2) is 36.5 Å². The minimum absolute atomic E-state index is 0.167. The number of benzene rings is 1. The van der Waals surface area contributed by atoms with Gasteiger partial charge in [-0.15, -0.1) is 0 Å². The highest BCUT2D eigenvalue weighted by Gasteiger charge is 2.49. The first kappa shape index (κ1) is 13.6. The van der Waals surface area contributed by atoms with Crippen LogP contribution in [-0.2, 0) is 20.8 Å². The molecule has 1 aromatic carbocycles. The Bertz CT molecular complexity index is 677. The number of carbonyl (C=O) groups excluding carboxylic acids is 2. The third-order valence-corrected chi connectivity index (χ3v) is 3.88. The lowest BCUT2D eigenvalue weighted by Gasteiger charge is -2.44. The molecule has 1 aliphatic carbocycles. The van der Waals surface area contributed by atoms with Crippen LogP contribution in [0.2, 0.25) is 0 Å². The summed E-state index contributed by atoms with van der Waals surface area (Å²) in [6.07, 6.45) is 5.00. The van der Waals surface area contributed by atoms with E-state index in [2.05, 4.69) is 0 Å². The zero-order chi connectivity index (χ0) is 15.0. The minimum atomic E-state index is -0.914. The van der Waals surface area contributed by atoms with Crippen molar-refractivity contribution in [3.63, 3.8) is 0 Å². The summed E-state index contributed by atoms with van der Waals surface area (Å²) in [6.45, 7) is 0. The molecule has 0 bridgehead atoms. The molecule has 1 aromatic rings. The molecule has 0 fully saturated rings. The lowest BCUT2D eigenvalue weighted by Crippen LogP contribution is -2.57. The topological polar surface area (TPSA) is 55.8 Å². The van der Waals surface area contributed by atoms with Gasteiger partial charge in [0.15, 0.2) is 11.3 Å². The van der Waals surface area contributed by atoms with Crippen molar-refractivity contribution in [2.45, 2.75) is 12.0 Å². The Morgan fingerprint density at radius 1 is 1.19 bits per heavy atom. The second kappa shape index (κ2) is 4.86. The van der Waals surface area contributed by atoms with Crippen LogP contribution >= 0.6 is 0 Å². The maximum Gasteiger partial charge on any atom is 0.278 e. The lowest BCUT2D eigenvalue weighted by molar-refractivity contribution is -0.151. The number of carbonyl (C=O) groups is 2. The molecule has 108 valence electrons. The van der Waals surface area contributed by atoms with Crippen LogP contribution in [0.3, 0.4) is 0 Å². The molecule has 1 amide bonds.